The van der Waals surface area contributed by atoms with E-state index in [1.54, 1.807) is 18.0 Å². The molecule has 1 aromatic carbocycles. The Labute approximate surface area is 130 Å². The zero-order valence-corrected chi connectivity index (χ0v) is 13.8. The van der Waals surface area contributed by atoms with Crippen LogP contribution in [0.5, 0.6) is 0 Å². The molecule has 0 N–H and O–H groups in total. The van der Waals surface area contributed by atoms with Crippen LogP contribution >= 0.6 is 26.6 Å². The summed E-state index contributed by atoms with van der Waals surface area (Å²) >= 11 is 3.11. The summed E-state index contributed by atoms with van der Waals surface area (Å²) < 4.78 is 28.5. The number of benzene rings is 1. The van der Waals surface area contributed by atoms with Gasteiger partial charge in [-0.1, -0.05) is 0 Å². The SMILES string of the molecule is CN(C(=O)c1ccc(Br)c(S(=O)(=O)Cl)c1)C1CCOC1. The second-order valence-electron chi connectivity index (χ2n) is 4.52. The molecule has 0 aliphatic carbocycles. The van der Waals surface area contributed by atoms with E-state index in [9.17, 15) is 13.2 Å². The number of carbonyl (C=O) groups excluding carboxylic acids is 1. The summed E-state index contributed by atoms with van der Waals surface area (Å²) in [6, 6.07) is 4.36. The van der Waals surface area contributed by atoms with Crippen molar-refractivity contribution in [2.24, 2.45) is 0 Å². The molecule has 20 heavy (non-hydrogen) atoms. The van der Waals surface area contributed by atoms with Gasteiger partial charge in [-0.3, -0.25) is 4.79 Å². The molecule has 1 fully saturated rings. The molecule has 0 aromatic heterocycles. The van der Waals surface area contributed by atoms with Crippen molar-refractivity contribution in [3.8, 4) is 0 Å². The van der Waals surface area contributed by atoms with E-state index in [0.717, 1.165) is 6.42 Å². The van der Waals surface area contributed by atoms with E-state index in [0.29, 0.717) is 17.7 Å². The highest BCUT2D eigenvalue weighted by Crippen LogP contribution is 2.27. The lowest BCUT2D eigenvalue weighted by Gasteiger charge is -2.23. The quantitative estimate of drug-likeness (QED) is 0.752. The predicted octanol–water partition coefficient (Wildman–Crippen LogP) is 2.24. The number of hydrogen-bond acceptors (Lipinski definition) is 4. The van der Waals surface area contributed by atoms with E-state index in [-0.39, 0.29) is 22.4 Å². The highest BCUT2D eigenvalue weighted by Gasteiger charge is 2.26. The van der Waals surface area contributed by atoms with Crippen LogP contribution in [-0.2, 0) is 13.8 Å². The Morgan fingerprint density at radius 1 is 1.50 bits per heavy atom. The van der Waals surface area contributed by atoms with Gasteiger partial charge in [0.25, 0.3) is 15.0 Å². The van der Waals surface area contributed by atoms with Crippen molar-refractivity contribution in [3.63, 3.8) is 0 Å². The third kappa shape index (κ3) is 3.33. The first-order valence-corrected chi connectivity index (χ1v) is 9.00. The van der Waals surface area contributed by atoms with Crippen LogP contribution in [0.4, 0.5) is 0 Å². The van der Waals surface area contributed by atoms with Crippen LogP contribution in [0.2, 0.25) is 0 Å². The Morgan fingerprint density at radius 2 is 2.20 bits per heavy atom. The van der Waals surface area contributed by atoms with Crippen LogP contribution in [0, 0.1) is 0 Å². The standard InChI is InChI=1S/C12H13BrClNO4S/c1-15(9-4-5-19-7-9)12(16)8-2-3-10(13)11(6-8)20(14,17)18/h2-3,6,9H,4-5,7H2,1H3. The average molecular weight is 383 g/mol. The molecule has 1 aromatic rings. The average Bonchev–Trinajstić information content (AvgIpc) is 2.90. The molecule has 0 saturated carbocycles. The monoisotopic (exact) mass is 381 g/mol. The zero-order chi connectivity index (χ0) is 14.9. The topological polar surface area (TPSA) is 63.7 Å². The van der Waals surface area contributed by atoms with Gasteiger partial charge in [0.1, 0.15) is 0 Å². The van der Waals surface area contributed by atoms with Crippen LogP contribution in [-0.4, -0.2) is 45.5 Å². The fourth-order valence-corrected chi connectivity index (χ4v) is 4.14. The Hall–Kier alpha value is -0.630. The van der Waals surface area contributed by atoms with Crippen LogP contribution in [0.15, 0.2) is 27.6 Å². The van der Waals surface area contributed by atoms with Crippen LogP contribution < -0.4 is 0 Å². The van der Waals surface area contributed by atoms with Crippen molar-refractivity contribution in [3.05, 3.63) is 28.2 Å². The molecule has 0 bridgehead atoms. The number of carbonyl (C=O) groups is 1. The molecule has 8 heteroatoms. The Bertz CT molecular complexity index is 628. The Balaban J connectivity index is 2.31. The number of ether oxygens (including phenoxy) is 1. The van der Waals surface area contributed by atoms with Crippen molar-refractivity contribution < 1.29 is 17.9 Å². The molecule has 110 valence electrons. The number of amides is 1. The van der Waals surface area contributed by atoms with E-state index >= 15 is 0 Å². The molecule has 1 saturated heterocycles. The van der Waals surface area contributed by atoms with Gasteiger partial charge < -0.3 is 9.64 Å². The number of likely N-dealkylation sites (N-methyl/N-ethyl adjacent to an activating group) is 1. The van der Waals surface area contributed by atoms with Gasteiger partial charge in [0.05, 0.1) is 17.5 Å². The maximum atomic E-state index is 12.3. The lowest BCUT2D eigenvalue weighted by molar-refractivity contribution is 0.0711. The van der Waals surface area contributed by atoms with E-state index in [4.69, 9.17) is 15.4 Å². The third-order valence-electron chi connectivity index (χ3n) is 3.21. The predicted molar refractivity (Wildman–Crippen MR) is 78.5 cm³/mol. The molecule has 0 spiro atoms. The molecular weight excluding hydrogens is 370 g/mol. The molecular formula is C12H13BrClNO4S. The Kier molecular flexibility index (Phi) is 4.73. The fraction of sp³-hybridized carbons (Fsp3) is 0.417. The van der Waals surface area contributed by atoms with Crippen LogP contribution in [0.25, 0.3) is 0 Å². The maximum absolute atomic E-state index is 12.3. The van der Waals surface area contributed by atoms with Crippen molar-refractivity contribution >= 4 is 41.6 Å². The van der Waals surface area contributed by atoms with Gasteiger partial charge in [-0.25, -0.2) is 8.42 Å². The number of nitrogens with zero attached hydrogens (tertiary/aromatic N) is 1. The molecule has 1 aliphatic heterocycles. The number of halogens is 2. The van der Waals surface area contributed by atoms with Gasteiger partial charge in [0.15, 0.2) is 0 Å². The summed E-state index contributed by atoms with van der Waals surface area (Å²) in [5.41, 5.74) is 0.279. The van der Waals surface area contributed by atoms with Crippen LogP contribution in [0.1, 0.15) is 16.8 Å². The highest BCUT2D eigenvalue weighted by molar-refractivity contribution is 9.10. The van der Waals surface area contributed by atoms with Gasteiger partial charge in [0, 0.05) is 34.4 Å². The van der Waals surface area contributed by atoms with E-state index < -0.39 is 9.05 Å². The molecule has 1 unspecified atom stereocenters. The zero-order valence-electron chi connectivity index (χ0n) is 10.7. The van der Waals surface area contributed by atoms with E-state index in [1.165, 1.54) is 12.1 Å². The van der Waals surface area contributed by atoms with Crippen molar-refractivity contribution in [2.75, 3.05) is 20.3 Å². The molecule has 1 atom stereocenters. The molecule has 1 aliphatic rings. The minimum atomic E-state index is -3.90. The van der Waals surface area contributed by atoms with Gasteiger partial charge in [-0.2, -0.15) is 0 Å². The molecule has 5 nitrogen and oxygen atoms in total. The molecule has 1 amide bonds. The summed E-state index contributed by atoms with van der Waals surface area (Å²) in [6.45, 7) is 1.13. The first-order valence-electron chi connectivity index (χ1n) is 5.90. The minimum absolute atomic E-state index is 0.0159. The van der Waals surface area contributed by atoms with E-state index in [2.05, 4.69) is 15.9 Å². The minimum Gasteiger partial charge on any atom is -0.379 e. The Morgan fingerprint density at radius 3 is 2.75 bits per heavy atom. The summed E-state index contributed by atoms with van der Waals surface area (Å²) in [5, 5.41) is 0. The summed E-state index contributed by atoms with van der Waals surface area (Å²) in [6.07, 6.45) is 0.777. The largest absolute Gasteiger partial charge is 0.379 e. The normalized spacial score (nSPS) is 19.1. The van der Waals surface area contributed by atoms with E-state index in [1.807, 2.05) is 0 Å². The second kappa shape index (κ2) is 6.01. The molecule has 0 radical (unpaired) electrons. The van der Waals surface area contributed by atoms with Gasteiger partial charge in [-0.15, -0.1) is 0 Å². The van der Waals surface area contributed by atoms with Crippen molar-refractivity contribution in [1.82, 2.24) is 4.90 Å². The second-order valence-corrected chi connectivity index (χ2v) is 7.91. The highest BCUT2D eigenvalue weighted by atomic mass is 79.9. The number of hydrogen-bond donors (Lipinski definition) is 0. The smallest absolute Gasteiger partial charge is 0.262 e. The number of rotatable bonds is 3. The van der Waals surface area contributed by atoms with Gasteiger partial charge in [-0.05, 0) is 40.5 Å². The van der Waals surface area contributed by atoms with Gasteiger partial charge >= 0.3 is 0 Å². The molecule has 2 rings (SSSR count). The third-order valence-corrected chi connectivity index (χ3v) is 5.53. The van der Waals surface area contributed by atoms with Crippen LogP contribution in [0.3, 0.4) is 0 Å². The lowest BCUT2D eigenvalue weighted by atomic mass is 10.1. The first kappa shape index (κ1) is 15.8. The fourth-order valence-electron chi connectivity index (χ4n) is 2.02. The summed E-state index contributed by atoms with van der Waals surface area (Å²) in [5.74, 6) is -0.255. The van der Waals surface area contributed by atoms with Gasteiger partial charge in [0.2, 0.25) is 0 Å². The lowest BCUT2D eigenvalue weighted by Crippen LogP contribution is -2.37. The molecule has 1 heterocycles. The summed E-state index contributed by atoms with van der Waals surface area (Å²) in [4.78, 5) is 13.8. The first-order chi connectivity index (χ1) is 9.30. The van der Waals surface area contributed by atoms with Crippen molar-refractivity contribution in [1.29, 1.82) is 0 Å². The van der Waals surface area contributed by atoms with Crippen molar-refractivity contribution in [2.45, 2.75) is 17.4 Å². The maximum Gasteiger partial charge on any atom is 0.262 e. The summed E-state index contributed by atoms with van der Waals surface area (Å²) in [7, 11) is 3.12.